The predicted molar refractivity (Wildman–Crippen MR) is 227 cm³/mol. The molecule has 0 bridgehead atoms. The zero-order valence-corrected chi connectivity index (χ0v) is 33.3. The second-order valence-corrected chi connectivity index (χ2v) is 13.5. The molecular weight excluding hydrogens is 841 g/mol. The normalized spacial score (nSPS) is 11.6. The minimum atomic E-state index is -1.30. The fraction of sp³-hybridized carbons (Fsp3) is 0.211. The van der Waals surface area contributed by atoms with Gasteiger partial charge in [0.25, 0.3) is 11.8 Å². The summed E-state index contributed by atoms with van der Waals surface area (Å²) >= 11 is 0. The summed E-state index contributed by atoms with van der Waals surface area (Å²) in [5.74, 6) is -5.86. The summed E-state index contributed by atoms with van der Waals surface area (Å²) in [6.07, 6.45) is 1.86. The quantitative estimate of drug-likeness (QED) is 0.0559. The molecule has 4 aromatic heterocycles. The van der Waals surface area contributed by atoms with Crippen molar-refractivity contribution < 1.29 is 49.2 Å². The van der Waals surface area contributed by atoms with Gasteiger partial charge < -0.3 is 64.6 Å². The van der Waals surface area contributed by atoms with Crippen molar-refractivity contribution in [3.8, 4) is 0 Å². The van der Waals surface area contributed by atoms with Crippen LogP contribution in [0.1, 0.15) is 57.8 Å². The van der Waals surface area contributed by atoms with Gasteiger partial charge in [-0.2, -0.15) is 19.9 Å². The van der Waals surface area contributed by atoms with Gasteiger partial charge in [-0.25, -0.2) is 29.5 Å². The Morgan fingerprint density at radius 2 is 0.875 bits per heavy atom. The summed E-state index contributed by atoms with van der Waals surface area (Å²) in [5.41, 5.74) is 26.9. The summed E-state index contributed by atoms with van der Waals surface area (Å²) in [4.78, 5) is 101. The molecule has 0 spiro atoms. The lowest BCUT2D eigenvalue weighted by Crippen LogP contribution is -2.41. The number of carbonyl (C=O) groups is 6. The molecule has 0 unspecified atom stereocenters. The van der Waals surface area contributed by atoms with Gasteiger partial charge in [-0.15, -0.1) is 0 Å². The van der Waals surface area contributed by atoms with E-state index in [2.05, 4.69) is 61.1 Å². The van der Waals surface area contributed by atoms with E-state index in [9.17, 15) is 28.8 Å². The molecule has 0 fully saturated rings. The maximum atomic E-state index is 12.3. The number of aromatic nitrogens is 8. The van der Waals surface area contributed by atoms with Crippen LogP contribution in [0.25, 0.3) is 22.3 Å². The van der Waals surface area contributed by atoms with Gasteiger partial charge in [-0.1, -0.05) is 0 Å². The first-order valence-corrected chi connectivity index (χ1v) is 18.7. The number of nitrogens with two attached hydrogens (primary N) is 4. The van der Waals surface area contributed by atoms with Crippen molar-refractivity contribution in [2.24, 2.45) is 0 Å². The fourth-order valence-corrected chi connectivity index (χ4v) is 5.53. The average molecular weight is 881 g/mol. The highest BCUT2D eigenvalue weighted by Crippen LogP contribution is 2.18. The smallest absolute Gasteiger partial charge is 0.326 e. The number of hydrogen-bond acceptors (Lipinski definition) is 20. The Hall–Kier alpha value is -9.10. The fourth-order valence-electron chi connectivity index (χ4n) is 5.53. The Morgan fingerprint density at radius 3 is 1.20 bits per heavy atom. The zero-order chi connectivity index (χ0) is 46.5. The van der Waals surface area contributed by atoms with Crippen LogP contribution in [0.5, 0.6) is 0 Å². The molecule has 26 heteroatoms. The first-order valence-electron chi connectivity index (χ1n) is 18.7. The minimum Gasteiger partial charge on any atom is -0.481 e. The summed E-state index contributed by atoms with van der Waals surface area (Å²) in [5, 5.41) is 46.6. The zero-order valence-electron chi connectivity index (χ0n) is 33.3. The summed E-state index contributed by atoms with van der Waals surface area (Å²) in [7, 11) is 0. The predicted octanol–water partition coefficient (Wildman–Crippen LogP) is 0.488. The van der Waals surface area contributed by atoms with E-state index < -0.39 is 47.8 Å². The number of carbonyl (C=O) groups excluding carboxylic acids is 2. The Bertz CT molecular complexity index is 2520. The summed E-state index contributed by atoms with van der Waals surface area (Å²) < 4.78 is 0. The molecule has 0 saturated heterocycles. The molecule has 0 saturated carbocycles. The number of carboxylic acid groups (broad SMARTS) is 4. The summed E-state index contributed by atoms with van der Waals surface area (Å²) in [6.45, 7) is 0.600. The van der Waals surface area contributed by atoms with Gasteiger partial charge >= 0.3 is 23.9 Å². The van der Waals surface area contributed by atoms with Crippen molar-refractivity contribution in [3.63, 3.8) is 0 Å². The van der Waals surface area contributed by atoms with Crippen LogP contribution in [0.4, 0.5) is 34.9 Å². The molecule has 64 heavy (non-hydrogen) atoms. The van der Waals surface area contributed by atoms with Crippen LogP contribution in [0.15, 0.2) is 60.9 Å². The molecule has 0 radical (unpaired) electrons. The Balaban J connectivity index is 0.000000241. The van der Waals surface area contributed by atoms with E-state index in [0.29, 0.717) is 46.9 Å². The molecule has 26 nitrogen and oxygen atoms in total. The van der Waals surface area contributed by atoms with E-state index in [1.165, 1.54) is 36.7 Å². The van der Waals surface area contributed by atoms with Crippen LogP contribution in [0.3, 0.4) is 0 Å². The molecule has 2 amide bonds. The van der Waals surface area contributed by atoms with E-state index in [4.69, 9.17) is 43.4 Å². The Labute approximate surface area is 360 Å². The van der Waals surface area contributed by atoms with Crippen molar-refractivity contribution >= 4 is 92.9 Å². The molecule has 6 rings (SSSR count). The second-order valence-electron chi connectivity index (χ2n) is 13.5. The van der Waals surface area contributed by atoms with Crippen LogP contribution in [0.2, 0.25) is 0 Å². The van der Waals surface area contributed by atoms with Crippen LogP contribution in [-0.4, -0.2) is 108 Å². The second kappa shape index (κ2) is 20.9. The minimum absolute atomic E-state index is 0.0101. The lowest BCUT2D eigenvalue weighted by Gasteiger charge is -2.14. The number of nitrogens with zero attached hydrogens (tertiary/aromatic N) is 8. The van der Waals surface area contributed by atoms with Gasteiger partial charge in [0, 0.05) is 35.3 Å². The van der Waals surface area contributed by atoms with Gasteiger partial charge in [-0.05, 0) is 61.4 Å². The van der Waals surface area contributed by atoms with E-state index >= 15 is 0 Å². The van der Waals surface area contributed by atoms with Crippen molar-refractivity contribution in [3.05, 3.63) is 83.4 Å². The molecule has 332 valence electrons. The number of benzene rings is 2. The van der Waals surface area contributed by atoms with Gasteiger partial charge in [0.1, 0.15) is 12.1 Å². The first-order chi connectivity index (χ1) is 30.4. The molecule has 0 aliphatic rings. The van der Waals surface area contributed by atoms with Crippen LogP contribution in [0, 0.1) is 0 Å². The third kappa shape index (κ3) is 12.9. The number of aliphatic carboxylic acids is 4. The van der Waals surface area contributed by atoms with Gasteiger partial charge in [0.15, 0.2) is 34.0 Å². The molecule has 16 N–H and O–H groups in total. The maximum Gasteiger partial charge on any atom is 0.326 e. The van der Waals surface area contributed by atoms with Crippen molar-refractivity contribution in [2.45, 2.75) is 50.9 Å². The van der Waals surface area contributed by atoms with E-state index in [1.54, 1.807) is 24.3 Å². The van der Waals surface area contributed by atoms with Crippen molar-refractivity contribution in [2.75, 3.05) is 33.6 Å². The van der Waals surface area contributed by atoms with Crippen molar-refractivity contribution in [1.29, 1.82) is 0 Å². The monoisotopic (exact) mass is 880 g/mol. The van der Waals surface area contributed by atoms with Crippen LogP contribution >= 0.6 is 0 Å². The number of rotatable bonds is 18. The standard InChI is InChI=1S/2C19H20N8O5/c2*20-15-14-16(27-19(21)26-15)23-8-11(24-14)7-22-10-3-1-9(2-4-10)17(30)25-12(18(31)32)5-6-13(28)29/h2*1-4,8,12,22H,5-7H2,(H,25,30)(H,28,29)(H,31,32)(H4,20,21,23,26,27)/t2*12-/m00/s1. The molecule has 2 atom stereocenters. The van der Waals surface area contributed by atoms with Gasteiger partial charge in [0.2, 0.25) is 11.9 Å². The van der Waals surface area contributed by atoms with Crippen molar-refractivity contribution in [1.82, 2.24) is 50.5 Å². The molecule has 0 aliphatic carbocycles. The largest absolute Gasteiger partial charge is 0.481 e. The number of hydrogen-bond donors (Lipinski definition) is 12. The van der Waals surface area contributed by atoms with E-state index in [1.807, 2.05) is 0 Å². The van der Waals surface area contributed by atoms with Gasteiger partial charge in [0.05, 0.1) is 36.9 Å². The highest BCUT2D eigenvalue weighted by molar-refractivity contribution is 5.97. The molecule has 6 aromatic rings. The first kappa shape index (κ1) is 46.0. The topological polar surface area (TPSA) is 439 Å². The highest BCUT2D eigenvalue weighted by Gasteiger charge is 2.23. The number of anilines is 6. The maximum absolute atomic E-state index is 12.3. The van der Waals surface area contributed by atoms with Gasteiger partial charge in [-0.3, -0.25) is 19.2 Å². The number of carboxylic acids is 4. The van der Waals surface area contributed by atoms with E-state index in [-0.39, 0.29) is 71.6 Å². The van der Waals surface area contributed by atoms with Crippen LogP contribution < -0.4 is 44.2 Å². The third-order valence-electron chi connectivity index (χ3n) is 8.74. The SMILES string of the molecule is Nc1nc(N)c2nc(CNc3ccc(C(=O)N[C@@H](CCC(=O)O)C(=O)O)cc3)cnc2n1.Nc1nc(N)c2nc(CNc3ccc(C(=O)N[C@@H](CCC(=O)O)C(=O)O)cc3)cnc2n1. The molecular formula is C38H40N16O10. The number of amides is 2. The molecule has 2 aromatic carbocycles. The lowest BCUT2D eigenvalue weighted by molar-refractivity contribution is -0.142. The third-order valence-corrected chi connectivity index (χ3v) is 8.74. The Kier molecular flexibility index (Phi) is 15.0. The number of nitrogen functional groups attached to an aromatic ring is 4. The number of nitrogens with one attached hydrogen (secondary N) is 4. The highest BCUT2D eigenvalue weighted by atomic mass is 16.4. The van der Waals surface area contributed by atoms with E-state index in [0.717, 1.165) is 0 Å². The summed E-state index contributed by atoms with van der Waals surface area (Å²) in [6, 6.07) is 9.97. The average Bonchev–Trinajstić information content (AvgIpc) is 3.25. The Morgan fingerprint density at radius 1 is 0.516 bits per heavy atom. The number of fused-ring (bicyclic) bond motifs is 2. The molecule has 0 aliphatic heterocycles. The lowest BCUT2D eigenvalue weighted by atomic mass is 10.1. The molecule has 4 heterocycles. The van der Waals surface area contributed by atoms with Crippen LogP contribution in [-0.2, 0) is 32.3 Å².